The number of anilines is 2. The molecule has 3 N–H and O–H groups in total. The number of hydrogen-bond donors (Lipinski definition) is 2. The third-order valence-corrected chi connectivity index (χ3v) is 8.01. The van der Waals surface area contributed by atoms with Crippen molar-refractivity contribution in [3.63, 3.8) is 0 Å². The molecule has 10 heteroatoms. The van der Waals surface area contributed by atoms with Crippen LogP contribution in [-0.2, 0) is 9.59 Å². The third-order valence-electron chi connectivity index (χ3n) is 7.45. The van der Waals surface area contributed by atoms with Crippen LogP contribution in [0.5, 0.6) is 0 Å². The maximum Gasteiger partial charge on any atom is 0.276 e. The van der Waals surface area contributed by atoms with E-state index in [0.717, 1.165) is 43.7 Å². The van der Waals surface area contributed by atoms with Crippen LogP contribution >= 0.6 is 15.9 Å². The van der Waals surface area contributed by atoms with Crippen LogP contribution in [-0.4, -0.2) is 39.1 Å². The molecule has 5 rings (SSSR count). The molecule has 0 bridgehead atoms. The van der Waals surface area contributed by atoms with Crippen LogP contribution in [0.2, 0.25) is 0 Å². The highest BCUT2D eigenvalue weighted by atomic mass is 79.9. The number of rotatable bonds is 5. The maximum atomic E-state index is 13.7. The minimum absolute atomic E-state index is 0.0498. The van der Waals surface area contributed by atoms with E-state index in [-0.39, 0.29) is 45.6 Å². The second-order valence-corrected chi connectivity index (χ2v) is 10.7. The zero-order valence-electron chi connectivity index (χ0n) is 20.3. The highest BCUT2D eigenvalue weighted by Crippen LogP contribution is 2.41. The first-order valence-corrected chi connectivity index (χ1v) is 13.2. The van der Waals surface area contributed by atoms with E-state index < -0.39 is 11.7 Å². The average molecular weight is 568 g/mol. The Morgan fingerprint density at radius 3 is 2.89 bits per heavy atom. The Labute approximate surface area is 222 Å². The molecule has 3 amide bonds. The maximum absolute atomic E-state index is 13.7. The largest absolute Gasteiger partial charge is 0.397 e. The predicted molar refractivity (Wildman–Crippen MR) is 140 cm³/mol. The fraction of sp³-hybridized carbons (Fsp3) is 0.370. The van der Waals surface area contributed by atoms with Gasteiger partial charge in [-0.05, 0) is 71.0 Å². The van der Waals surface area contributed by atoms with E-state index in [4.69, 9.17) is 5.73 Å². The van der Waals surface area contributed by atoms with Crippen LogP contribution in [0.3, 0.4) is 0 Å². The van der Waals surface area contributed by atoms with Gasteiger partial charge in [0.1, 0.15) is 4.60 Å². The second kappa shape index (κ2) is 10.2. The molecule has 37 heavy (non-hydrogen) atoms. The van der Waals surface area contributed by atoms with Crippen molar-refractivity contribution in [2.45, 2.75) is 44.9 Å². The predicted octanol–water partition coefficient (Wildman–Crippen LogP) is 4.75. The molecule has 2 aromatic heterocycles. The summed E-state index contributed by atoms with van der Waals surface area (Å²) in [6.07, 6.45) is 11.3. The molecule has 8 nitrogen and oxygen atoms in total. The van der Waals surface area contributed by atoms with E-state index in [1.54, 1.807) is 18.5 Å². The van der Waals surface area contributed by atoms with Gasteiger partial charge in [-0.15, -0.1) is 0 Å². The minimum atomic E-state index is -0.652. The summed E-state index contributed by atoms with van der Waals surface area (Å²) in [5, 5.41) is 2.83. The van der Waals surface area contributed by atoms with E-state index in [1.165, 1.54) is 4.90 Å². The first-order valence-electron chi connectivity index (χ1n) is 12.4. The van der Waals surface area contributed by atoms with Crippen molar-refractivity contribution in [1.29, 1.82) is 0 Å². The van der Waals surface area contributed by atoms with Crippen molar-refractivity contribution in [1.82, 2.24) is 14.9 Å². The fourth-order valence-corrected chi connectivity index (χ4v) is 5.92. The smallest absolute Gasteiger partial charge is 0.276 e. The quantitative estimate of drug-likeness (QED) is 0.397. The first kappa shape index (κ1) is 25.3. The Balaban J connectivity index is 1.31. The molecule has 0 radical (unpaired) electrons. The number of amides is 3. The molecule has 2 aliphatic carbocycles. The zero-order valence-corrected chi connectivity index (χ0v) is 21.9. The molecule has 3 aliphatic rings. The number of nitrogens with one attached hydrogen (secondary N) is 1. The van der Waals surface area contributed by atoms with Gasteiger partial charge in [0, 0.05) is 30.0 Å². The lowest BCUT2D eigenvalue weighted by molar-refractivity contribution is -0.138. The Kier molecular flexibility index (Phi) is 6.94. The molecule has 192 valence electrons. The van der Waals surface area contributed by atoms with Crippen molar-refractivity contribution < 1.29 is 18.8 Å². The highest BCUT2D eigenvalue weighted by Gasteiger charge is 2.41. The molecule has 0 spiro atoms. The van der Waals surface area contributed by atoms with Gasteiger partial charge in [-0.1, -0.05) is 25.5 Å². The van der Waals surface area contributed by atoms with Gasteiger partial charge in [0.15, 0.2) is 11.5 Å². The fourth-order valence-electron chi connectivity index (χ4n) is 5.63. The average Bonchev–Trinajstić information content (AvgIpc) is 3.12. The first-order chi connectivity index (χ1) is 17.7. The van der Waals surface area contributed by atoms with Gasteiger partial charge < -0.3 is 11.1 Å². The van der Waals surface area contributed by atoms with E-state index >= 15 is 0 Å². The van der Waals surface area contributed by atoms with Gasteiger partial charge >= 0.3 is 0 Å². The summed E-state index contributed by atoms with van der Waals surface area (Å²) < 4.78 is 13.6. The minimum Gasteiger partial charge on any atom is -0.397 e. The normalized spacial score (nSPS) is 23.4. The third kappa shape index (κ3) is 4.82. The second-order valence-electron chi connectivity index (χ2n) is 9.93. The van der Waals surface area contributed by atoms with Crippen molar-refractivity contribution in [3.05, 3.63) is 69.5 Å². The zero-order chi connectivity index (χ0) is 26.3. The number of hydrogen-bond acceptors (Lipinski definition) is 6. The van der Waals surface area contributed by atoms with E-state index in [9.17, 15) is 18.8 Å². The van der Waals surface area contributed by atoms with E-state index in [0.29, 0.717) is 23.4 Å². The lowest BCUT2D eigenvalue weighted by atomic mass is 9.77. The molecule has 3 atom stereocenters. The standard InChI is InChI=1S/C27H27BrFN5O3/c1-14-4-2-7-18-22(14)27(37)34(26(18)36)13-15-5-3-6-16(10-15)17-8-9-31-12-21(17)32-25(35)23-20(30)11-19(29)24(28)33-23/h2,7-9,11-12,14-16H,3-6,10,13,30H2,1H3,(H,32,35). The van der Waals surface area contributed by atoms with Gasteiger partial charge in [0.25, 0.3) is 17.7 Å². The number of halogens is 2. The molecule has 1 saturated carbocycles. The topological polar surface area (TPSA) is 118 Å². The summed E-state index contributed by atoms with van der Waals surface area (Å²) >= 11 is 2.99. The van der Waals surface area contributed by atoms with E-state index in [2.05, 4.69) is 31.2 Å². The van der Waals surface area contributed by atoms with Gasteiger partial charge in [-0.3, -0.25) is 24.3 Å². The summed E-state index contributed by atoms with van der Waals surface area (Å²) in [4.78, 5) is 48.5. The molecular weight excluding hydrogens is 541 g/mol. The Hall–Kier alpha value is -3.40. The van der Waals surface area contributed by atoms with Crippen molar-refractivity contribution >= 4 is 45.0 Å². The summed E-state index contributed by atoms with van der Waals surface area (Å²) in [5.74, 6) is -1.27. The number of pyridine rings is 2. The van der Waals surface area contributed by atoms with Gasteiger partial charge in [0.05, 0.1) is 17.6 Å². The van der Waals surface area contributed by atoms with Crippen LogP contribution in [0.25, 0.3) is 0 Å². The lowest BCUT2D eigenvalue weighted by Crippen LogP contribution is -2.37. The van der Waals surface area contributed by atoms with Crippen molar-refractivity contribution in [2.24, 2.45) is 11.8 Å². The Morgan fingerprint density at radius 2 is 2.11 bits per heavy atom. The number of allylic oxidation sites excluding steroid dienone is 1. The van der Waals surface area contributed by atoms with Crippen molar-refractivity contribution in [3.8, 4) is 0 Å². The molecule has 1 aliphatic heterocycles. The SMILES string of the molecule is CC1CC=CC2=C1C(=O)N(CC1CCCC(c3ccncc3NC(=O)c3nc(Br)c(F)cc3N)C1)C2=O. The number of nitrogens with zero attached hydrogens (tertiary/aromatic N) is 3. The molecule has 1 fully saturated rings. The molecule has 2 aromatic rings. The monoisotopic (exact) mass is 567 g/mol. The number of aromatic nitrogens is 2. The highest BCUT2D eigenvalue weighted by molar-refractivity contribution is 9.10. The van der Waals surface area contributed by atoms with Crippen LogP contribution in [0.1, 0.15) is 61.0 Å². The van der Waals surface area contributed by atoms with Gasteiger partial charge in [-0.2, -0.15) is 0 Å². The summed E-state index contributed by atoms with van der Waals surface area (Å²) in [5.41, 5.74) is 8.30. The number of carbonyl (C=O) groups is 3. The number of nitrogen functional groups attached to an aromatic ring is 1. The summed E-state index contributed by atoms with van der Waals surface area (Å²) in [6.45, 7) is 2.37. The van der Waals surface area contributed by atoms with Crippen molar-refractivity contribution in [2.75, 3.05) is 17.6 Å². The van der Waals surface area contributed by atoms with Crippen LogP contribution in [0, 0.1) is 17.7 Å². The number of carbonyl (C=O) groups excluding carboxylic acids is 3. The lowest BCUT2D eigenvalue weighted by Gasteiger charge is -2.32. The van der Waals surface area contributed by atoms with Crippen LogP contribution in [0.4, 0.5) is 15.8 Å². The van der Waals surface area contributed by atoms with E-state index in [1.807, 2.05) is 19.1 Å². The van der Waals surface area contributed by atoms with Gasteiger partial charge in [0.2, 0.25) is 0 Å². The number of nitrogens with two attached hydrogens (primary N) is 1. The van der Waals surface area contributed by atoms with Gasteiger partial charge in [-0.25, -0.2) is 9.37 Å². The molecule has 0 aromatic carbocycles. The van der Waals surface area contributed by atoms with Crippen LogP contribution in [0.15, 0.2) is 52.4 Å². The Bertz CT molecular complexity index is 1360. The van der Waals surface area contributed by atoms with Crippen LogP contribution < -0.4 is 11.1 Å². The summed E-state index contributed by atoms with van der Waals surface area (Å²) in [7, 11) is 0. The molecule has 3 heterocycles. The number of imide groups is 1. The summed E-state index contributed by atoms with van der Waals surface area (Å²) in [6, 6.07) is 2.92. The molecule has 0 saturated heterocycles. The molecule has 3 unspecified atom stereocenters. The molecular formula is C27H27BrFN5O3. The Morgan fingerprint density at radius 1 is 1.30 bits per heavy atom.